The van der Waals surface area contributed by atoms with Crippen molar-refractivity contribution in [2.75, 3.05) is 20.7 Å². The van der Waals surface area contributed by atoms with Crippen molar-refractivity contribution in [2.24, 2.45) is 5.92 Å². The molecule has 38 heavy (non-hydrogen) atoms. The Morgan fingerprint density at radius 1 is 1.18 bits per heavy atom. The zero-order valence-electron chi connectivity index (χ0n) is 21.7. The van der Waals surface area contributed by atoms with E-state index in [2.05, 4.69) is 18.0 Å². The molecule has 1 fully saturated rings. The van der Waals surface area contributed by atoms with Crippen LogP contribution in [0.25, 0.3) is 0 Å². The number of unbranched alkanes of at least 4 members (excludes halogenated alkanes) is 1. The van der Waals surface area contributed by atoms with Gasteiger partial charge in [0.15, 0.2) is 11.2 Å². The summed E-state index contributed by atoms with van der Waals surface area (Å²) in [5.74, 6) is -1.40. The first-order valence-electron chi connectivity index (χ1n) is 12.8. The number of rotatable bonds is 7. The average Bonchev–Trinajstić information content (AvgIpc) is 3.31. The Balaban J connectivity index is 1.77. The van der Waals surface area contributed by atoms with Crippen LogP contribution < -0.4 is 9.47 Å². The smallest absolute Gasteiger partial charge is 0.228 e. The van der Waals surface area contributed by atoms with E-state index in [1.165, 1.54) is 11.1 Å². The summed E-state index contributed by atoms with van der Waals surface area (Å²) in [6.07, 6.45) is 1.82. The molecule has 2 N–H and O–H groups in total. The van der Waals surface area contributed by atoms with Crippen molar-refractivity contribution in [3.05, 3.63) is 89.2 Å². The fraction of sp³-hybridized carbons (Fsp3) is 0.367. The molecule has 0 radical (unpaired) electrons. The standard InChI is InChI=1S/C30H31N3O5/c1-4-5-15-37-22-16-23-26(32-18-22)29(36)27(34)24(28(35)33(2)3)25(20-9-7-6-8-10-20)30(29,38-23)21-13-11-19(17-31)12-14-21/h6-14,16,18,24-25,27,34,36H,4-5,15H2,1-3H3/t24-,25-,27-,29+,30+/m1/s1. The summed E-state index contributed by atoms with van der Waals surface area (Å²) < 4.78 is 12.6. The molecule has 2 heterocycles. The van der Waals surface area contributed by atoms with Crippen LogP contribution in [0.4, 0.5) is 0 Å². The van der Waals surface area contributed by atoms with Gasteiger partial charge in [0, 0.05) is 26.1 Å². The lowest BCUT2D eigenvalue weighted by Crippen LogP contribution is -2.52. The third kappa shape index (κ3) is 3.65. The second-order valence-corrected chi connectivity index (χ2v) is 10.1. The van der Waals surface area contributed by atoms with Gasteiger partial charge in [0.25, 0.3) is 0 Å². The molecule has 0 saturated heterocycles. The number of carbonyl (C=O) groups excluding carboxylic acids is 1. The quantitative estimate of drug-likeness (QED) is 0.465. The van der Waals surface area contributed by atoms with Crippen LogP contribution in [0, 0.1) is 17.2 Å². The van der Waals surface area contributed by atoms with Crippen LogP contribution in [0.2, 0.25) is 0 Å². The zero-order chi connectivity index (χ0) is 27.1. The van der Waals surface area contributed by atoms with Crippen molar-refractivity contribution in [2.45, 2.75) is 43.0 Å². The van der Waals surface area contributed by atoms with E-state index in [1.54, 1.807) is 44.4 Å². The number of aliphatic hydroxyl groups is 2. The molecule has 0 spiro atoms. The summed E-state index contributed by atoms with van der Waals surface area (Å²) in [5.41, 5.74) is -1.87. The topological polar surface area (TPSA) is 116 Å². The average molecular weight is 514 g/mol. The number of pyridine rings is 1. The van der Waals surface area contributed by atoms with E-state index < -0.39 is 29.1 Å². The van der Waals surface area contributed by atoms with Crippen molar-refractivity contribution in [1.82, 2.24) is 9.88 Å². The molecule has 1 aromatic heterocycles. The first kappa shape index (κ1) is 25.7. The lowest BCUT2D eigenvalue weighted by Gasteiger charge is -2.40. The monoisotopic (exact) mass is 513 g/mol. The molecule has 5 rings (SSSR count). The van der Waals surface area contributed by atoms with Gasteiger partial charge in [-0.1, -0.05) is 55.8 Å². The van der Waals surface area contributed by atoms with Crippen molar-refractivity contribution in [3.8, 4) is 17.6 Å². The highest BCUT2D eigenvalue weighted by molar-refractivity contribution is 5.82. The van der Waals surface area contributed by atoms with E-state index in [9.17, 15) is 20.3 Å². The van der Waals surface area contributed by atoms with Crippen molar-refractivity contribution in [1.29, 1.82) is 5.26 Å². The maximum atomic E-state index is 13.6. The van der Waals surface area contributed by atoms with E-state index >= 15 is 0 Å². The molecule has 1 aliphatic carbocycles. The maximum Gasteiger partial charge on any atom is 0.228 e. The van der Waals surface area contributed by atoms with Gasteiger partial charge in [-0.2, -0.15) is 5.26 Å². The molecule has 2 aliphatic rings. The number of amides is 1. The number of hydrogen-bond donors (Lipinski definition) is 2. The van der Waals surface area contributed by atoms with Gasteiger partial charge in [-0.05, 0) is 29.7 Å². The molecule has 5 atom stereocenters. The number of aromatic nitrogens is 1. The molecule has 0 bridgehead atoms. The molecule has 196 valence electrons. The Labute approximate surface area is 222 Å². The largest absolute Gasteiger partial charge is 0.492 e. The van der Waals surface area contributed by atoms with Gasteiger partial charge >= 0.3 is 0 Å². The van der Waals surface area contributed by atoms with Crippen molar-refractivity contribution >= 4 is 5.91 Å². The predicted octanol–water partition coefficient (Wildman–Crippen LogP) is 3.47. The predicted molar refractivity (Wildman–Crippen MR) is 139 cm³/mol. The number of ether oxygens (including phenoxy) is 2. The molecule has 2 aromatic carbocycles. The minimum Gasteiger partial charge on any atom is -0.492 e. The van der Waals surface area contributed by atoms with E-state index in [-0.39, 0.29) is 17.4 Å². The van der Waals surface area contributed by atoms with Crippen LogP contribution in [0.5, 0.6) is 11.5 Å². The van der Waals surface area contributed by atoms with Crippen LogP contribution in [-0.2, 0) is 16.0 Å². The lowest BCUT2D eigenvalue weighted by atomic mass is 9.71. The number of nitriles is 1. The highest BCUT2D eigenvalue weighted by atomic mass is 16.5. The maximum absolute atomic E-state index is 13.6. The van der Waals surface area contributed by atoms with Crippen LogP contribution in [0.15, 0.2) is 66.9 Å². The first-order valence-corrected chi connectivity index (χ1v) is 12.8. The fourth-order valence-electron chi connectivity index (χ4n) is 5.92. The molecule has 3 aromatic rings. The normalized spacial score (nSPS) is 27.1. The molecule has 1 amide bonds. The summed E-state index contributed by atoms with van der Waals surface area (Å²) in [6, 6.07) is 19.8. The first-order chi connectivity index (χ1) is 18.3. The summed E-state index contributed by atoms with van der Waals surface area (Å²) in [6.45, 7) is 2.58. The number of fused-ring (bicyclic) bond motifs is 3. The summed E-state index contributed by atoms with van der Waals surface area (Å²) in [4.78, 5) is 19.6. The Hall–Kier alpha value is -3.93. The van der Waals surface area contributed by atoms with E-state index in [4.69, 9.17) is 9.47 Å². The second kappa shape index (κ2) is 9.75. The molecule has 0 unspecified atom stereocenters. The Morgan fingerprint density at radius 3 is 2.53 bits per heavy atom. The number of carbonyl (C=O) groups is 1. The van der Waals surface area contributed by atoms with Gasteiger partial charge < -0.3 is 24.6 Å². The van der Waals surface area contributed by atoms with Gasteiger partial charge in [-0.15, -0.1) is 0 Å². The molecule has 1 saturated carbocycles. The van der Waals surface area contributed by atoms with E-state index in [1.807, 2.05) is 30.3 Å². The Bertz CT molecular complexity index is 1370. The van der Waals surface area contributed by atoms with Crippen LogP contribution >= 0.6 is 0 Å². The molecular weight excluding hydrogens is 482 g/mol. The lowest BCUT2D eigenvalue weighted by molar-refractivity contribution is -0.157. The van der Waals surface area contributed by atoms with Crippen molar-refractivity contribution < 1.29 is 24.5 Å². The Kier molecular flexibility index (Phi) is 6.59. The van der Waals surface area contributed by atoms with Crippen LogP contribution in [0.1, 0.15) is 48.1 Å². The van der Waals surface area contributed by atoms with Gasteiger partial charge in [-0.25, -0.2) is 0 Å². The van der Waals surface area contributed by atoms with Gasteiger partial charge in [-0.3, -0.25) is 9.78 Å². The van der Waals surface area contributed by atoms with Crippen LogP contribution in [-0.4, -0.2) is 52.8 Å². The van der Waals surface area contributed by atoms with Crippen LogP contribution in [0.3, 0.4) is 0 Å². The van der Waals surface area contributed by atoms with E-state index in [0.717, 1.165) is 18.4 Å². The van der Waals surface area contributed by atoms with Gasteiger partial charge in [0.1, 0.15) is 23.3 Å². The number of aliphatic hydroxyl groups excluding tert-OH is 1. The summed E-state index contributed by atoms with van der Waals surface area (Å²) >= 11 is 0. The molecule has 8 nitrogen and oxygen atoms in total. The SMILES string of the molecule is CCCCOc1cnc2c(c1)O[C@@]1(c3ccc(C#N)cc3)[C@H](c3ccccc3)[C@@H](C(=O)N(C)C)[C@@H](O)[C@@]21O. The van der Waals surface area contributed by atoms with Crippen molar-refractivity contribution in [3.63, 3.8) is 0 Å². The molecular formula is C30H31N3O5. The van der Waals surface area contributed by atoms with E-state index in [0.29, 0.717) is 23.5 Å². The Morgan fingerprint density at radius 2 is 1.89 bits per heavy atom. The highest BCUT2D eigenvalue weighted by Crippen LogP contribution is 2.68. The minimum atomic E-state index is -2.07. The third-order valence-electron chi connectivity index (χ3n) is 7.69. The summed E-state index contributed by atoms with van der Waals surface area (Å²) in [7, 11) is 3.24. The number of benzene rings is 2. The molecule has 8 heteroatoms. The number of nitrogens with zero attached hydrogens (tertiary/aromatic N) is 3. The minimum absolute atomic E-state index is 0.146. The summed E-state index contributed by atoms with van der Waals surface area (Å²) in [5, 5.41) is 33.9. The molecule has 1 aliphatic heterocycles. The van der Waals surface area contributed by atoms with Gasteiger partial charge in [0.2, 0.25) is 5.91 Å². The number of hydrogen-bond acceptors (Lipinski definition) is 7. The second-order valence-electron chi connectivity index (χ2n) is 10.1. The third-order valence-corrected chi connectivity index (χ3v) is 7.69. The fourth-order valence-corrected chi connectivity index (χ4v) is 5.92. The zero-order valence-corrected chi connectivity index (χ0v) is 21.7. The van der Waals surface area contributed by atoms with Gasteiger partial charge in [0.05, 0.1) is 30.4 Å². The highest BCUT2D eigenvalue weighted by Gasteiger charge is 2.78.